The van der Waals surface area contributed by atoms with Gasteiger partial charge in [-0.15, -0.1) is 0 Å². The summed E-state index contributed by atoms with van der Waals surface area (Å²) in [7, 11) is -3.38. The van der Waals surface area contributed by atoms with Gasteiger partial charge in [-0.2, -0.15) is 13.2 Å². The molecule has 0 saturated heterocycles. The largest absolute Gasteiger partial charge is 0.421 e. The zero-order valence-electron chi connectivity index (χ0n) is 16.4. The Morgan fingerprint density at radius 3 is 2.19 bits per heavy atom. The fourth-order valence-corrected chi connectivity index (χ4v) is 5.47. The van der Waals surface area contributed by atoms with Crippen LogP contribution in [0.5, 0.6) is 0 Å². The number of H-pyrrole nitrogens is 1. The number of carbonyl (C=O) groups excluding carboxylic acids is 1. The molecule has 1 aromatic heterocycles. The van der Waals surface area contributed by atoms with E-state index in [1.54, 1.807) is 18.2 Å². The molecule has 0 bridgehead atoms. The van der Waals surface area contributed by atoms with E-state index >= 15 is 0 Å². The molecule has 1 aromatic carbocycles. The first kappa shape index (κ1) is 21.5. The van der Waals surface area contributed by atoms with Gasteiger partial charge in [0.1, 0.15) is 11.3 Å². The first-order chi connectivity index (χ1) is 14.6. The molecule has 9 heteroatoms. The molecule has 2 aliphatic rings. The van der Waals surface area contributed by atoms with Crippen molar-refractivity contribution in [2.45, 2.75) is 48.4 Å². The fourth-order valence-electron chi connectivity index (χ4n) is 3.81. The lowest BCUT2D eigenvalue weighted by Crippen LogP contribution is -2.22. The molecular weight excluding hydrogens is 431 g/mol. The van der Waals surface area contributed by atoms with E-state index in [0.29, 0.717) is 43.2 Å². The first-order valence-corrected chi connectivity index (χ1v) is 11.5. The number of ketones is 1. The molecule has 0 spiro atoms. The SMILES string of the molecule is O=C1CC[C@H](/C=C(/c2ccc(S(=O)(=O)C3CC3)cc2)c2ccc(C(F)(F)F)c(=O)[nH]2)C1. The summed E-state index contributed by atoms with van der Waals surface area (Å²) in [4.78, 5) is 26.2. The zero-order chi connectivity index (χ0) is 22.4. The van der Waals surface area contributed by atoms with Crippen molar-refractivity contribution in [3.63, 3.8) is 0 Å². The number of aromatic nitrogens is 1. The van der Waals surface area contributed by atoms with E-state index in [9.17, 15) is 31.2 Å². The predicted molar refractivity (Wildman–Crippen MR) is 108 cm³/mol. The molecule has 0 radical (unpaired) electrons. The van der Waals surface area contributed by atoms with Crippen LogP contribution < -0.4 is 5.56 Å². The molecule has 2 aliphatic carbocycles. The monoisotopic (exact) mass is 451 g/mol. The zero-order valence-corrected chi connectivity index (χ0v) is 17.2. The Balaban J connectivity index is 1.75. The molecule has 2 fully saturated rings. The molecule has 31 heavy (non-hydrogen) atoms. The van der Waals surface area contributed by atoms with Crippen LogP contribution in [0.15, 0.2) is 52.2 Å². The second kappa shape index (κ2) is 7.78. The molecule has 2 saturated carbocycles. The van der Waals surface area contributed by atoms with Crippen LogP contribution >= 0.6 is 0 Å². The van der Waals surface area contributed by atoms with Crippen molar-refractivity contribution >= 4 is 21.2 Å². The number of Topliss-reactive ketones (excluding diaryl/α,β-unsaturated/α-hetero) is 1. The molecule has 0 aliphatic heterocycles. The van der Waals surface area contributed by atoms with Gasteiger partial charge in [-0.3, -0.25) is 9.59 Å². The average molecular weight is 451 g/mol. The first-order valence-electron chi connectivity index (χ1n) is 9.94. The number of nitrogens with one attached hydrogen (secondary N) is 1. The van der Waals surface area contributed by atoms with Crippen LogP contribution in [-0.2, 0) is 20.8 Å². The number of hydrogen-bond donors (Lipinski definition) is 1. The Labute approximate surface area is 176 Å². The smallest absolute Gasteiger partial charge is 0.321 e. The van der Waals surface area contributed by atoms with Gasteiger partial charge in [0, 0.05) is 24.1 Å². The summed E-state index contributed by atoms with van der Waals surface area (Å²) in [6.07, 6.45) is -0.365. The highest BCUT2D eigenvalue weighted by molar-refractivity contribution is 7.92. The van der Waals surface area contributed by atoms with Crippen LogP contribution in [0.4, 0.5) is 13.2 Å². The Morgan fingerprint density at radius 2 is 1.68 bits per heavy atom. The molecule has 1 N–H and O–H groups in total. The number of sulfone groups is 1. The van der Waals surface area contributed by atoms with Gasteiger partial charge in [-0.05, 0) is 55.0 Å². The van der Waals surface area contributed by atoms with Gasteiger partial charge in [0.25, 0.3) is 5.56 Å². The summed E-state index contributed by atoms with van der Waals surface area (Å²) < 4.78 is 63.8. The van der Waals surface area contributed by atoms with Gasteiger partial charge in [-0.25, -0.2) is 8.42 Å². The number of aromatic amines is 1. The Hall–Kier alpha value is -2.68. The number of allylic oxidation sites excluding steroid dienone is 1. The summed E-state index contributed by atoms with van der Waals surface area (Å²) in [5.41, 5.74) is -1.37. The topological polar surface area (TPSA) is 84.1 Å². The van der Waals surface area contributed by atoms with E-state index < -0.39 is 27.1 Å². The van der Waals surface area contributed by atoms with E-state index in [4.69, 9.17) is 0 Å². The second-order valence-electron chi connectivity index (χ2n) is 8.00. The van der Waals surface area contributed by atoms with Crippen molar-refractivity contribution in [3.8, 4) is 0 Å². The average Bonchev–Trinajstić information content (AvgIpc) is 3.48. The number of pyridine rings is 1. The van der Waals surface area contributed by atoms with Crippen LogP contribution in [-0.4, -0.2) is 24.4 Å². The quantitative estimate of drug-likeness (QED) is 0.741. The molecule has 0 amide bonds. The van der Waals surface area contributed by atoms with E-state index in [1.165, 1.54) is 18.2 Å². The number of hydrogen-bond acceptors (Lipinski definition) is 4. The van der Waals surface area contributed by atoms with Crippen LogP contribution in [0.2, 0.25) is 0 Å². The van der Waals surface area contributed by atoms with Crippen molar-refractivity contribution in [2.75, 3.05) is 0 Å². The van der Waals surface area contributed by atoms with Crippen molar-refractivity contribution in [3.05, 3.63) is 69.6 Å². The van der Waals surface area contributed by atoms with Crippen molar-refractivity contribution in [2.24, 2.45) is 5.92 Å². The van der Waals surface area contributed by atoms with Gasteiger partial charge in [0.15, 0.2) is 9.84 Å². The molecule has 0 unspecified atom stereocenters. The third-order valence-corrected chi connectivity index (χ3v) is 7.93. The summed E-state index contributed by atoms with van der Waals surface area (Å²) in [6.45, 7) is 0. The maximum Gasteiger partial charge on any atom is 0.421 e. The Kier molecular flexibility index (Phi) is 5.41. The minimum atomic E-state index is -4.77. The van der Waals surface area contributed by atoms with Crippen molar-refractivity contribution in [1.82, 2.24) is 4.98 Å². The van der Waals surface area contributed by atoms with Crippen LogP contribution in [0, 0.1) is 5.92 Å². The Morgan fingerprint density at radius 1 is 1.00 bits per heavy atom. The lowest BCUT2D eigenvalue weighted by atomic mass is 9.96. The van der Waals surface area contributed by atoms with E-state index in [1.807, 2.05) is 0 Å². The highest BCUT2D eigenvalue weighted by Gasteiger charge is 2.37. The molecule has 1 atom stereocenters. The molecular formula is C22H20F3NO4S. The van der Waals surface area contributed by atoms with Crippen molar-refractivity contribution < 1.29 is 26.4 Å². The highest BCUT2D eigenvalue weighted by atomic mass is 32.2. The molecule has 4 rings (SSSR count). The van der Waals surface area contributed by atoms with Crippen LogP contribution in [0.25, 0.3) is 5.57 Å². The number of carbonyl (C=O) groups is 1. The molecule has 1 heterocycles. The number of alkyl halides is 3. The van der Waals surface area contributed by atoms with Crippen LogP contribution in [0.1, 0.15) is 48.9 Å². The van der Waals surface area contributed by atoms with Gasteiger partial charge >= 0.3 is 6.18 Å². The number of halogens is 3. The van der Waals surface area contributed by atoms with Gasteiger partial charge in [-0.1, -0.05) is 18.2 Å². The second-order valence-corrected chi connectivity index (χ2v) is 10.2. The summed E-state index contributed by atoms with van der Waals surface area (Å²) >= 11 is 0. The summed E-state index contributed by atoms with van der Waals surface area (Å²) in [6, 6.07) is 8.01. The Bertz CT molecular complexity index is 1210. The summed E-state index contributed by atoms with van der Waals surface area (Å²) in [5, 5.41) is -0.357. The van der Waals surface area contributed by atoms with E-state index in [-0.39, 0.29) is 27.5 Å². The van der Waals surface area contributed by atoms with Gasteiger partial charge < -0.3 is 4.98 Å². The lowest BCUT2D eigenvalue weighted by molar-refractivity contribution is -0.138. The molecule has 2 aromatic rings. The van der Waals surface area contributed by atoms with Gasteiger partial charge in [0.05, 0.1) is 10.1 Å². The lowest BCUT2D eigenvalue weighted by Gasteiger charge is -2.13. The fraction of sp³-hybridized carbons (Fsp3) is 0.364. The minimum absolute atomic E-state index is 0.104. The van der Waals surface area contributed by atoms with E-state index in [0.717, 1.165) is 6.07 Å². The summed E-state index contributed by atoms with van der Waals surface area (Å²) in [5.74, 6) is -0.00412. The molecule has 5 nitrogen and oxygen atoms in total. The van der Waals surface area contributed by atoms with E-state index in [2.05, 4.69) is 4.98 Å². The minimum Gasteiger partial charge on any atom is -0.321 e. The third-order valence-electron chi connectivity index (χ3n) is 5.65. The van der Waals surface area contributed by atoms with Gasteiger partial charge in [0.2, 0.25) is 0 Å². The predicted octanol–water partition coefficient (Wildman–Crippen LogP) is 4.13. The van der Waals surface area contributed by atoms with Crippen molar-refractivity contribution in [1.29, 1.82) is 0 Å². The number of benzene rings is 1. The number of rotatable bonds is 5. The maximum atomic E-state index is 13.0. The standard InChI is InChI=1S/C22H20F3NO4S/c23-22(24,25)19-9-10-20(26-21(19)28)18(12-13-1-4-15(27)11-13)14-2-5-16(6-3-14)31(29,30)17-7-8-17/h2-3,5-6,9-10,12-13,17H,1,4,7-8,11H2,(H,26,28)/b18-12-/t13-/m0/s1. The molecule has 164 valence electrons. The normalized spacial score (nSPS) is 20.3. The van der Waals surface area contributed by atoms with Crippen LogP contribution in [0.3, 0.4) is 0 Å². The third kappa shape index (κ3) is 4.51. The highest BCUT2D eigenvalue weighted by Crippen LogP contribution is 2.35. The maximum absolute atomic E-state index is 13.0.